The molecule has 3 atom stereocenters. The number of amides is 1. The molecule has 2 aliphatic rings. The summed E-state index contributed by atoms with van der Waals surface area (Å²) in [5, 5.41) is 15.0. The summed E-state index contributed by atoms with van der Waals surface area (Å²) in [5.41, 5.74) is 2.83. The number of aryl methyl sites for hydroxylation is 1. The first-order valence-corrected chi connectivity index (χ1v) is 15.7. The summed E-state index contributed by atoms with van der Waals surface area (Å²) in [5.74, 6) is -0.515. The number of hydrogen-bond acceptors (Lipinski definition) is 7. The van der Waals surface area contributed by atoms with Crippen LogP contribution in [0, 0.1) is 5.92 Å². The number of carboxylic acids is 1. The lowest BCUT2D eigenvalue weighted by Crippen LogP contribution is -2.45. The number of hydrogen-bond donors (Lipinski definition) is 1. The maximum atomic E-state index is 14.2. The van der Waals surface area contributed by atoms with E-state index in [-0.39, 0.29) is 19.2 Å². The Bertz CT molecular complexity index is 1470. The zero-order chi connectivity index (χ0) is 32.1. The van der Waals surface area contributed by atoms with Gasteiger partial charge in [0.2, 0.25) is 18.4 Å². The maximum Gasteiger partial charge on any atom is 0.308 e. The minimum atomic E-state index is -0.895. The molecule has 242 valence electrons. The zero-order valence-corrected chi connectivity index (χ0v) is 27.0. The summed E-state index contributed by atoms with van der Waals surface area (Å²) >= 11 is 0. The molecule has 1 fully saturated rings. The maximum absolute atomic E-state index is 14.2. The normalized spacial score (nSPS) is 19.5. The number of likely N-dealkylation sites (tertiary alicyclic amines) is 1. The van der Waals surface area contributed by atoms with Crippen LogP contribution in [0.4, 0.5) is 5.69 Å². The topological polar surface area (TPSA) is 106 Å². The average molecular weight is 621 g/mol. The lowest BCUT2D eigenvalue weighted by atomic mass is 9.84. The van der Waals surface area contributed by atoms with E-state index in [4.69, 9.17) is 14.2 Å². The van der Waals surface area contributed by atoms with Crippen molar-refractivity contribution in [1.29, 1.82) is 0 Å². The Morgan fingerprint density at radius 1 is 1.16 bits per heavy atom. The fourth-order valence-electron chi connectivity index (χ4n) is 6.60. The van der Waals surface area contributed by atoms with Crippen LogP contribution in [0.25, 0.3) is 0 Å². The van der Waals surface area contributed by atoms with Gasteiger partial charge in [-0.1, -0.05) is 25.5 Å². The van der Waals surface area contributed by atoms with Crippen LogP contribution in [0.5, 0.6) is 17.2 Å². The van der Waals surface area contributed by atoms with Crippen molar-refractivity contribution in [2.45, 2.75) is 51.2 Å². The molecule has 0 spiro atoms. The smallest absolute Gasteiger partial charge is 0.308 e. The molecule has 1 aromatic heterocycles. The molecule has 0 saturated carbocycles. The third-order valence-electron chi connectivity index (χ3n) is 8.61. The average Bonchev–Trinajstić information content (AvgIpc) is 3.75. The van der Waals surface area contributed by atoms with Crippen LogP contribution >= 0.6 is 0 Å². The predicted octanol–water partition coefficient (Wildman–Crippen LogP) is 4.22. The fourth-order valence-corrected chi connectivity index (χ4v) is 6.60. The third kappa shape index (κ3) is 7.59. The molecule has 11 heteroatoms. The Morgan fingerprint density at radius 2 is 1.98 bits per heavy atom. The van der Waals surface area contributed by atoms with Crippen LogP contribution in [0.1, 0.15) is 43.2 Å². The standard InChI is InChI=1S/C34H45N5O6/c1-6-7-15-38(26-11-8-10-24(17-26)22-39(2,3)4)31(40)21-36-20-27(25-18-29(43-5)33-30(19-25)44-23-45-33)32(34(41)42)28(36)12-16-37-14-9-13-35-37/h8-11,13-14,17-19,27-28,32H,6-7,12,15-16,20-23H2,1-5H3/p+1/t27-,28+,32-/m1/s1. The highest BCUT2D eigenvalue weighted by molar-refractivity contribution is 5.95. The molecule has 0 bridgehead atoms. The molecule has 2 aromatic carbocycles. The monoisotopic (exact) mass is 620 g/mol. The summed E-state index contributed by atoms with van der Waals surface area (Å²) in [4.78, 5) is 31.1. The highest BCUT2D eigenvalue weighted by atomic mass is 16.7. The Balaban J connectivity index is 1.46. The molecule has 0 unspecified atom stereocenters. The van der Waals surface area contributed by atoms with Crippen LogP contribution in [-0.4, -0.2) is 96.9 Å². The highest BCUT2D eigenvalue weighted by Crippen LogP contribution is 2.47. The number of ether oxygens (including phenoxy) is 3. The Kier molecular flexibility index (Phi) is 9.99. The second-order valence-electron chi connectivity index (χ2n) is 13.0. The van der Waals surface area contributed by atoms with Gasteiger partial charge < -0.3 is 28.7 Å². The number of anilines is 1. The molecule has 45 heavy (non-hydrogen) atoms. The Labute approximate surface area is 265 Å². The number of carbonyl (C=O) groups excluding carboxylic acids is 1. The van der Waals surface area contributed by atoms with E-state index in [0.29, 0.717) is 43.3 Å². The van der Waals surface area contributed by atoms with Crippen molar-refractivity contribution in [3.63, 3.8) is 0 Å². The van der Waals surface area contributed by atoms with Crippen molar-refractivity contribution >= 4 is 17.6 Å². The third-order valence-corrected chi connectivity index (χ3v) is 8.61. The molecular formula is C34H46N5O6+. The lowest BCUT2D eigenvalue weighted by molar-refractivity contribution is -0.884. The van der Waals surface area contributed by atoms with E-state index in [1.807, 2.05) is 46.1 Å². The predicted molar refractivity (Wildman–Crippen MR) is 171 cm³/mol. The van der Waals surface area contributed by atoms with Gasteiger partial charge >= 0.3 is 5.97 Å². The molecular weight excluding hydrogens is 574 g/mol. The van der Waals surface area contributed by atoms with Crippen molar-refractivity contribution in [1.82, 2.24) is 14.7 Å². The number of carbonyl (C=O) groups is 2. The number of unbranched alkanes of at least 4 members (excludes halogenated alkanes) is 1. The molecule has 0 radical (unpaired) electrons. The second kappa shape index (κ2) is 13.9. The first-order valence-electron chi connectivity index (χ1n) is 15.7. The number of methoxy groups -OCH3 is 1. The van der Waals surface area contributed by atoms with Gasteiger partial charge in [0.25, 0.3) is 0 Å². The van der Waals surface area contributed by atoms with Crippen molar-refractivity contribution < 1.29 is 33.4 Å². The summed E-state index contributed by atoms with van der Waals surface area (Å²) in [7, 11) is 8.00. The number of carboxylic acid groups (broad SMARTS) is 1. The van der Waals surface area contributed by atoms with E-state index in [1.54, 1.807) is 13.3 Å². The van der Waals surface area contributed by atoms with Crippen molar-refractivity contribution in [2.24, 2.45) is 5.92 Å². The second-order valence-corrected chi connectivity index (χ2v) is 13.0. The molecule has 3 heterocycles. The van der Waals surface area contributed by atoms with Crippen molar-refractivity contribution in [3.05, 3.63) is 66.0 Å². The van der Waals surface area contributed by atoms with Crippen molar-refractivity contribution in [3.8, 4) is 17.2 Å². The molecule has 3 aromatic rings. The van der Waals surface area contributed by atoms with E-state index < -0.39 is 23.8 Å². The largest absolute Gasteiger partial charge is 0.493 e. The first kappa shape index (κ1) is 32.3. The SMILES string of the molecule is CCCCN(C(=O)CN1C[C@H](c2cc(OC)c3c(c2)OCO3)[C@@H](C(=O)O)[C@@H]1CCn1cccn1)c1cccc(C[N+](C)(C)C)c1. The molecule has 1 N–H and O–H groups in total. The van der Waals surface area contributed by atoms with Gasteiger partial charge in [0, 0.05) is 55.2 Å². The number of benzene rings is 2. The van der Waals surface area contributed by atoms with Gasteiger partial charge in [-0.25, -0.2) is 0 Å². The number of aliphatic carboxylic acids is 1. The highest BCUT2D eigenvalue weighted by Gasteiger charge is 2.47. The van der Waals surface area contributed by atoms with E-state index >= 15 is 0 Å². The van der Waals surface area contributed by atoms with Crippen LogP contribution in [-0.2, 0) is 22.7 Å². The molecule has 0 aliphatic carbocycles. The number of nitrogens with zero attached hydrogens (tertiary/aromatic N) is 5. The van der Waals surface area contributed by atoms with Crippen LogP contribution < -0.4 is 19.1 Å². The van der Waals surface area contributed by atoms with E-state index in [9.17, 15) is 14.7 Å². The fraction of sp³-hybridized carbons (Fsp3) is 0.500. The van der Waals surface area contributed by atoms with Gasteiger partial charge in [0.1, 0.15) is 6.54 Å². The quantitative estimate of drug-likeness (QED) is 0.267. The summed E-state index contributed by atoms with van der Waals surface area (Å²) in [6.07, 6.45) is 5.93. The Hall–Kier alpha value is -4.09. The number of fused-ring (bicyclic) bond motifs is 1. The molecule has 1 saturated heterocycles. The Morgan fingerprint density at radius 3 is 2.67 bits per heavy atom. The molecule has 5 rings (SSSR count). The minimum absolute atomic E-state index is 0.0389. The van der Waals surface area contributed by atoms with Gasteiger partial charge in [-0.05, 0) is 48.7 Å². The minimum Gasteiger partial charge on any atom is -0.493 e. The first-order chi connectivity index (χ1) is 21.6. The van der Waals surface area contributed by atoms with Gasteiger partial charge in [-0.15, -0.1) is 0 Å². The van der Waals surface area contributed by atoms with Crippen LogP contribution in [0.2, 0.25) is 0 Å². The summed E-state index contributed by atoms with van der Waals surface area (Å²) in [6.45, 7) is 4.68. The molecule has 11 nitrogen and oxygen atoms in total. The lowest BCUT2D eigenvalue weighted by Gasteiger charge is -2.30. The summed E-state index contributed by atoms with van der Waals surface area (Å²) in [6, 6.07) is 13.4. The van der Waals surface area contributed by atoms with Crippen LogP contribution in [0.3, 0.4) is 0 Å². The van der Waals surface area contributed by atoms with E-state index in [2.05, 4.69) is 50.2 Å². The van der Waals surface area contributed by atoms with Gasteiger partial charge in [-0.3, -0.25) is 19.2 Å². The number of aromatic nitrogens is 2. The van der Waals surface area contributed by atoms with Crippen molar-refractivity contribution in [2.75, 3.05) is 59.6 Å². The van der Waals surface area contributed by atoms with Crippen LogP contribution in [0.15, 0.2) is 54.9 Å². The van der Waals surface area contributed by atoms with E-state index in [1.165, 1.54) is 0 Å². The van der Waals surface area contributed by atoms with E-state index in [0.717, 1.165) is 40.7 Å². The zero-order valence-electron chi connectivity index (χ0n) is 27.0. The summed E-state index contributed by atoms with van der Waals surface area (Å²) < 4.78 is 19.4. The van der Waals surface area contributed by atoms with Gasteiger partial charge in [-0.2, -0.15) is 5.10 Å². The number of quaternary nitrogens is 1. The molecule has 2 aliphatic heterocycles. The van der Waals surface area contributed by atoms with Gasteiger partial charge in [0.05, 0.1) is 40.7 Å². The molecule has 1 amide bonds. The van der Waals surface area contributed by atoms with Gasteiger partial charge in [0.15, 0.2) is 11.5 Å². The number of rotatable bonds is 14.